The van der Waals surface area contributed by atoms with Crippen molar-refractivity contribution in [2.45, 2.75) is 25.8 Å². The van der Waals surface area contributed by atoms with Crippen LogP contribution >= 0.6 is 11.6 Å². The number of halogens is 1. The molecule has 0 aromatic heterocycles. The minimum Gasteiger partial charge on any atom is -0.380 e. The number of alkyl halides is 1. The lowest BCUT2D eigenvalue weighted by Crippen LogP contribution is -2.19. The number of ether oxygens (including phenoxy) is 1. The summed E-state index contributed by atoms with van der Waals surface area (Å²) in [6.45, 7) is 5.52. The predicted octanol–water partition coefficient (Wildman–Crippen LogP) is 2.94. The molecule has 0 aliphatic carbocycles. The van der Waals surface area contributed by atoms with E-state index >= 15 is 0 Å². The van der Waals surface area contributed by atoms with Crippen LogP contribution in [0.1, 0.15) is 24.5 Å². The Morgan fingerprint density at radius 1 is 1.25 bits per heavy atom. The molecular formula is C13H20ClNO. The van der Waals surface area contributed by atoms with Gasteiger partial charge in [0, 0.05) is 25.6 Å². The molecule has 0 fully saturated rings. The average Bonchev–Trinajstić information content (AvgIpc) is 2.34. The maximum atomic E-state index is 5.78. The van der Waals surface area contributed by atoms with Crippen molar-refractivity contribution in [3.63, 3.8) is 0 Å². The molecule has 1 N–H and O–H groups in total. The zero-order chi connectivity index (χ0) is 11.6. The minimum absolute atomic E-state index is 0.577. The van der Waals surface area contributed by atoms with E-state index in [1.807, 2.05) is 12.1 Å². The Balaban J connectivity index is 2.16. The van der Waals surface area contributed by atoms with Gasteiger partial charge in [0.25, 0.3) is 0 Å². The molecule has 1 rings (SSSR count). The Morgan fingerprint density at radius 3 is 2.81 bits per heavy atom. The lowest BCUT2D eigenvalue weighted by Gasteiger charge is -2.06. The summed E-state index contributed by atoms with van der Waals surface area (Å²) in [4.78, 5) is 0. The quantitative estimate of drug-likeness (QED) is 0.558. The van der Waals surface area contributed by atoms with E-state index in [1.165, 1.54) is 11.1 Å². The fourth-order valence-corrected chi connectivity index (χ4v) is 1.61. The molecule has 3 heteroatoms. The van der Waals surface area contributed by atoms with Crippen molar-refractivity contribution < 1.29 is 4.74 Å². The fraction of sp³-hybridized carbons (Fsp3) is 0.538. The van der Waals surface area contributed by atoms with Crippen molar-refractivity contribution in [2.24, 2.45) is 0 Å². The zero-order valence-electron chi connectivity index (χ0n) is 9.84. The molecule has 0 heterocycles. The Hall–Kier alpha value is -0.570. The summed E-state index contributed by atoms with van der Waals surface area (Å²) in [7, 11) is 0. The van der Waals surface area contributed by atoms with Gasteiger partial charge in [0.15, 0.2) is 0 Å². The number of rotatable bonds is 8. The first kappa shape index (κ1) is 13.5. The largest absolute Gasteiger partial charge is 0.380 e. The molecule has 0 radical (unpaired) electrons. The van der Waals surface area contributed by atoms with Crippen LogP contribution in [-0.2, 0) is 17.2 Å². The minimum atomic E-state index is 0.577. The molecule has 0 aliphatic heterocycles. The smallest absolute Gasteiger partial charge is 0.0591 e. The van der Waals surface area contributed by atoms with Crippen molar-refractivity contribution in [1.82, 2.24) is 5.32 Å². The van der Waals surface area contributed by atoms with Gasteiger partial charge in [0.1, 0.15) is 0 Å². The second-order valence-corrected chi connectivity index (χ2v) is 4.01. The van der Waals surface area contributed by atoms with Gasteiger partial charge in [-0.3, -0.25) is 0 Å². The second-order valence-electron chi connectivity index (χ2n) is 3.74. The van der Waals surface area contributed by atoms with Crippen molar-refractivity contribution in [3.05, 3.63) is 35.4 Å². The molecule has 1 aromatic carbocycles. The summed E-state index contributed by atoms with van der Waals surface area (Å²) in [5.41, 5.74) is 2.44. The molecule has 0 atom stereocenters. The van der Waals surface area contributed by atoms with E-state index in [4.69, 9.17) is 16.3 Å². The molecule has 0 saturated carbocycles. The summed E-state index contributed by atoms with van der Waals surface area (Å²) >= 11 is 5.78. The van der Waals surface area contributed by atoms with Gasteiger partial charge in [0.2, 0.25) is 0 Å². The Labute approximate surface area is 103 Å². The van der Waals surface area contributed by atoms with E-state index in [2.05, 4.69) is 24.4 Å². The van der Waals surface area contributed by atoms with Crippen molar-refractivity contribution in [3.8, 4) is 0 Å². The lowest BCUT2D eigenvalue weighted by molar-refractivity contribution is 0.136. The SMILES string of the molecule is CCCOCCNCc1cccc(CCl)c1. The van der Waals surface area contributed by atoms with E-state index in [-0.39, 0.29) is 0 Å². The van der Waals surface area contributed by atoms with Gasteiger partial charge in [-0.2, -0.15) is 0 Å². The van der Waals surface area contributed by atoms with Crippen molar-refractivity contribution in [1.29, 1.82) is 0 Å². The molecular weight excluding hydrogens is 222 g/mol. The molecule has 1 aromatic rings. The first-order valence-corrected chi connectivity index (χ1v) is 6.32. The van der Waals surface area contributed by atoms with Gasteiger partial charge in [-0.05, 0) is 17.5 Å². The summed E-state index contributed by atoms with van der Waals surface area (Å²) in [5.74, 6) is 0.577. The van der Waals surface area contributed by atoms with Crippen LogP contribution in [0.4, 0.5) is 0 Å². The first-order chi connectivity index (χ1) is 7.86. The molecule has 16 heavy (non-hydrogen) atoms. The molecule has 2 nitrogen and oxygen atoms in total. The van der Waals surface area contributed by atoms with Crippen LogP contribution in [0.2, 0.25) is 0 Å². The third kappa shape index (κ3) is 5.50. The third-order valence-corrected chi connectivity index (χ3v) is 2.56. The highest BCUT2D eigenvalue weighted by Crippen LogP contribution is 2.07. The fourth-order valence-electron chi connectivity index (χ4n) is 1.45. The third-order valence-electron chi connectivity index (χ3n) is 2.25. The van der Waals surface area contributed by atoms with E-state index in [9.17, 15) is 0 Å². The van der Waals surface area contributed by atoms with E-state index in [0.717, 1.165) is 32.7 Å². The zero-order valence-corrected chi connectivity index (χ0v) is 10.6. The monoisotopic (exact) mass is 241 g/mol. The second kappa shape index (κ2) is 8.57. The van der Waals surface area contributed by atoms with Crippen LogP contribution in [0.15, 0.2) is 24.3 Å². The summed E-state index contributed by atoms with van der Waals surface area (Å²) < 4.78 is 5.38. The van der Waals surface area contributed by atoms with Gasteiger partial charge >= 0.3 is 0 Å². The molecule has 0 amide bonds. The van der Waals surface area contributed by atoms with E-state index < -0.39 is 0 Å². The number of benzene rings is 1. The number of hydrogen-bond acceptors (Lipinski definition) is 2. The number of hydrogen-bond donors (Lipinski definition) is 1. The average molecular weight is 242 g/mol. The molecule has 0 bridgehead atoms. The van der Waals surface area contributed by atoms with Gasteiger partial charge in [0.05, 0.1) is 6.61 Å². The van der Waals surface area contributed by atoms with Crippen LogP contribution in [0.5, 0.6) is 0 Å². The number of nitrogens with one attached hydrogen (secondary N) is 1. The lowest BCUT2D eigenvalue weighted by atomic mass is 10.1. The van der Waals surface area contributed by atoms with Crippen LogP contribution in [0, 0.1) is 0 Å². The van der Waals surface area contributed by atoms with Gasteiger partial charge in [-0.15, -0.1) is 11.6 Å². The van der Waals surface area contributed by atoms with E-state index in [0.29, 0.717) is 5.88 Å². The maximum Gasteiger partial charge on any atom is 0.0591 e. The molecule has 0 unspecified atom stereocenters. The van der Waals surface area contributed by atoms with Crippen molar-refractivity contribution in [2.75, 3.05) is 19.8 Å². The normalized spacial score (nSPS) is 10.6. The Morgan fingerprint density at radius 2 is 2.06 bits per heavy atom. The van der Waals surface area contributed by atoms with E-state index in [1.54, 1.807) is 0 Å². The van der Waals surface area contributed by atoms with Gasteiger partial charge in [-0.25, -0.2) is 0 Å². The van der Waals surface area contributed by atoms with Crippen LogP contribution < -0.4 is 5.32 Å². The highest BCUT2D eigenvalue weighted by molar-refractivity contribution is 6.17. The van der Waals surface area contributed by atoms with Crippen LogP contribution in [0.3, 0.4) is 0 Å². The molecule has 90 valence electrons. The Bertz CT molecular complexity index is 291. The molecule has 0 spiro atoms. The van der Waals surface area contributed by atoms with Crippen molar-refractivity contribution >= 4 is 11.6 Å². The maximum absolute atomic E-state index is 5.78. The topological polar surface area (TPSA) is 21.3 Å². The van der Waals surface area contributed by atoms with Gasteiger partial charge in [-0.1, -0.05) is 31.2 Å². The van der Waals surface area contributed by atoms with Gasteiger partial charge < -0.3 is 10.1 Å². The summed E-state index contributed by atoms with van der Waals surface area (Å²) in [5, 5.41) is 3.34. The molecule has 0 saturated heterocycles. The standard InChI is InChI=1S/C13H20ClNO/c1-2-7-16-8-6-15-11-13-5-3-4-12(9-13)10-14/h3-5,9,15H,2,6-8,10-11H2,1H3. The van der Waals surface area contributed by atoms with Crippen LogP contribution in [0.25, 0.3) is 0 Å². The summed E-state index contributed by atoms with van der Waals surface area (Å²) in [6.07, 6.45) is 1.08. The first-order valence-electron chi connectivity index (χ1n) is 5.79. The highest BCUT2D eigenvalue weighted by atomic mass is 35.5. The molecule has 0 aliphatic rings. The summed E-state index contributed by atoms with van der Waals surface area (Å²) in [6, 6.07) is 8.33. The predicted molar refractivity (Wildman–Crippen MR) is 68.8 cm³/mol. The highest BCUT2D eigenvalue weighted by Gasteiger charge is 1.95. The Kier molecular flexibility index (Phi) is 7.23. The van der Waals surface area contributed by atoms with Crippen LogP contribution in [-0.4, -0.2) is 19.8 Å².